The van der Waals surface area contributed by atoms with Crippen molar-refractivity contribution in [1.29, 1.82) is 0 Å². The van der Waals surface area contributed by atoms with E-state index in [1.807, 2.05) is 78.9 Å². The van der Waals surface area contributed by atoms with Crippen LogP contribution in [0.5, 0.6) is 11.5 Å². The number of carbonyl (C=O) groups is 1. The third-order valence-electron chi connectivity index (χ3n) is 5.26. The number of pyridine rings is 1. The summed E-state index contributed by atoms with van der Waals surface area (Å²) < 4.78 is 5.91. The van der Waals surface area contributed by atoms with Gasteiger partial charge in [-0.15, -0.1) is 0 Å². The Morgan fingerprint density at radius 3 is 2.38 bits per heavy atom. The van der Waals surface area contributed by atoms with Crippen LogP contribution in [0.4, 0.5) is 5.82 Å². The number of nitrogens with one attached hydrogen (secondary N) is 1. The molecule has 0 saturated carbocycles. The third kappa shape index (κ3) is 3.70. The van der Waals surface area contributed by atoms with Gasteiger partial charge in [-0.1, -0.05) is 48.5 Å². The normalized spacial score (nSPS) is 10.9. The first-order valence-electron chi connectivity index (χ1n) is 10.2. The fourth-order valence-electron chi connectivity index (χ4n) is 3.65. The zero-order chi connectivity index (χ0) is 22.1. The molecule has 0 spiro atoms. The molecule has 3 N–H and O–H groups in total. The number of aromatic amines is 1. The molecule has 2 aromatic heterocycles. The molecule has 2 heterocycles. The van der Waals surface area contributed by atoms with E-state index in [0.717, 1.165) is 33.6 Å². The first kappa shape index (κ1) is 19.5. The smallest absolute Gasteiger partial charge is 0.184 e. The number of nitrogens with zero attached hydrogens (tertiary/aromatic N) is 2. The maximum Gasteiger partial charge on any atom is 0.184 e. The standard InChI is InChI=1S/C26H20N4O2/c1-16(31)18-6-5-7-19(14-18)23-15-22(24-25(27)29-30-26(24)28-23)17-10-12-21(13-11-17)32-20-8-3-2-4-9-20/h2-15H,1H3,(H3,27,28,29,30). The van der Waals surface area contributed by atoms with Gasteiger partial charge in [0.25, 0.3) is 0 Å². The average molecular weight is 420 g/mol. The minimum atomic E-state index is 0.00571. The molecule has 0 aliphatic carbocycles. The minimum Gasteiger partial charge on any atom is -0.457 e. The van der Waals surface area contributed by atoms with Gasteiger partial charge < -0.3 is 10.5 Å². The molecule has 0 fully saturated rings. The number of anilines is 1. The first-order valence-corrected chi connectivity index (χ1v) is 10.2. The second-order valence-corrected chi connectivity index (χ2v) is 7.47. The quantitative estimate of drug-likeness (QED) is 0.347. The van der Waals surface area contributed by atoms with Gasteiger partial charge in [0.1, 0.15) is 17.3 Å². The number of hydrogen-bond acceptors (Lipinski definition) is 5. The van der Waals surface area contributed by atoms with E-state index in [-0.39, 0.29) is 5.78 Å². The number of fused-ring (bicyclic) bond motifs is 1. The molecule has 0 aliphatic heterocycles. The predicted octanol–water partition coefficient (Wildman–Crippen LogP) is 5.87. The van der Waals surface area contributed by atoms with Crippen LogP contribution in [-0.4, -0.2) is 21.0 Å². The van der Waals surface area contributed by atoms with Gasteiger partial charge in [0.15, 0.2) is 11.4 Å². The van der Waals surface area contributed by atoms with Crippen LogP contribution in [0.25, 0.3) is 33.4 Å². The van der Waals surface area contributed by atoms with Crippen LogP contribution in [0.1, 0.15) is 17.3 Å². The lowest BCUT2D eigenvalue weighted by atomic mass is 9.99. The van der Waals surface area contributed by atoms with Crippen molar-refractivity contribution in [3.8, 4) is 33.9 Å². The van der Waals surface area contributed by atoms with Crippen molar-refractivity contribution in [2.24, 2.45) is 0 Å². The van der Waals surface area contributed by atoms with Crippen molar-refractivity contribution < 1.29 is 9.53 Å². The number of nitrogen functional groups attached to an aromatic ring is 1. The Bertz CT molecular complexity index is 1420. The van der Waals surface area contributed by atoms with Crippen molar-refractivity contribution in [2.75, 3.05) is 5.73 Å². The first-order chi connectivity index (χ1) is 15.6. The number of Topliss-reactive ketones (excluding diaryl/α,β-unsaturated/α-hetero) is 1. The number of nitrogens with two attached hydrogens (primary N) is 1. The Morgan fingerprint density at radius 1 is 0.875 bits per heavy atom. The van der Waals surface area contributed by atoms with Gasteiger partial charge in [-0.05, 0) is 54.4 Å². The van der Waals surface area contributed by atoms with E-state index in [0.29, 0.717) is 22.7 Å². The molecule has 5 aromatic rings. The number of hydrogen-bond donors (Lipinski definition) is 2. The molecule has 0 aliphatic rings. The molecule has 0 unspecified atom stereocenters. The molecule has 0 atom stereocenters. The lowest BCUT2D eigenvalue weighted by molar-refractivity contribution is 0.101. The SMILES string of the molecule is CC(=O)c1cccc(-c2cc(-c3ccc(Oc4ccccc4)cc3)c3c(N)[nH]nc3n2)c1. The van der Waals surface area contributed by atoms with E-state index in [1.54, 1.807) is 13.0 Å². The van der Waals surface area contributed by atoms with E-state index in [9.17, 15) is 4.79 Å². The summed E-state index contributed by atoms with van der Waals surface area (Å²) in [6.45, 7) is 1.55. The third-order valence-corrected chi connectivity index (χ3v) is 5.26. The molecule has 156 valence electrons. The second-order valence-electron chi connectivity index (χ2n) is 7.47. The molecule has 6 heteroatoms. The fraction of sp³-hybridized carbons (Fsp3) is 0.0385. The Kier molecular flexibility index (Phi) is 4.88. The minimum absolute atomic E-state index is 0.00571. The van der Waals surface area contributed by atoms with Gasteiger partial charge >= 0.3 is 0 Å². The topological polar surface area (TPSA) is 93.9 Å². The van der Waals surface area contributed by atoms with Crippen molar-refractivity contribution in [3.63, 3.8) is 0 Å². The number of aromatic nitrogens is 3. The highest BCUT2D eigenvalue weighted by Crippen LogP contribution is 2.35. The van der Waals surface area contributed by atoms with E-state index >= 15 is 0 Å². The average Bonchev–Trinajstić information content (AvgIpc) is 3.20. The maximum atomic E-state index is 11.8. The van der Waals surface area contributed by atoms with Crippen LogP contribution >= 0.6 is 0 Å². The van der Waals surface area contributed by atoms with Crippen molar-refractivity contribution in [3.05, 3.63) is 90.5 Å². The summed E-state index contributed by atoms with van der Waals surface area (Å²) >= 11 is 0. The van der Waals surface area contributed by atoms with Crippen molar-refractivity contribution >= 4 is 22.6 Å². The zero-order valence-electron chi connectivity index (χ0n) is 17.4. The molecular weight excluding hydrogens is 400 g/mol. The number of H-pyrrole nitrogens is 1. The highest BCUT2D eigenvalue weighted by atomic mass is 16.5. The van der Waals surface area contributed by atoms with Crippen LogP contribution in [0.2, 0.25) is 0 Å². The Hall–Kier alpha value is -4.45. The molecule has 0 bridgehead atoms. The van der Waals surface area contributed by atoms with Gasteiger partial charge in [-0.2, -0.15) is 5.10 Å². The molecule has 0 amide bonds. The van der Waals surface area contributed by atoms with Crippen LogP contribution in [0.3, 0.4) is 0 Å². The van der Waals surface area contributed by atoms with Gasteiger partial charge in [-0.3, -0.25) is 9.89 Å². The fourth-order valence-corrected chi connectivity index (χ4v) is 3.65. The second kappa shape index (κ2) is 8.00. The van der Waals surface area contributed by atoms with Crippen molar-refractivity contribution in [1.82, 2.24) is 15.2 Å². The van der Waals surface area contributed by atoms with Gasteiger partial charge in [-0.25, -0.2) is 4.98 Å². The molecule has 0 saturated heterocycles. The summed E-state index contributed by atoms with van der Waals surface area (Å²) in [4.78, 5) is 16.5. The van der Waals surface area contributed by atoms with Crippen LogP contribution in [0, 0.1) is 0 Å². The summed E-state index contributed by atoms with van der Waals surface area (Å²) in [5, 5.41) is 7.85. The zero-order valence-corrected chi connectivity index (χ0v) is 17.4. The Morgan fingerprint density at radius 2 is 1.62 bits per heavy atom. The van der Waals surface area contributed by atoms with Crippen LogP contribution in [0.15, 0.2) is 84.9 Å². The van der Waals surface area contributed by atoms with E-state index in [4.69, 9.17) is 10.5 Å². The van der Waals surface area contributed by atoms with E-state index in [1.165, 1.54) is 0 Å². The van der Waals surface area contributed by atoms with Gasteiger partial charge in [0.2, 0.25) is 0 Å². The Balaban J connectivity index is 1.58. The highest BCUT2D eigenvalue weighted by Gasteiger charge is 2.15. The highest BCUT2D eigenvalue weighted by molar-refractivity contribution is 6.02. The molecule has 0 radical (unpaired) electrons. The van der Waals surface area contributed by atoms with Crippen LogP contribution < -0.4 is 10.5 Å². The van der Waals surface area contributed by atoms with Gasteiger partial charge in [0.05, 0.1) is 11.1 Å². The van der Waals surface area contributed by atoms with E-state index in [2.05, 4.69) is 15.2 Å². The summed E-state index contributed by atoms with van der Waals surface area (Å²) in [5.74, 6) is 1.97. The summed E-state index contributed by atoms with van der Waals surface area (Å²) in [6, 6.07) is 26.8. The molecular formula is C26H20N4O2. The Labute approximate surface area is 184 Å². The summed E-state index contributed by atoms with van der Waals surface area (Å²) in [7, 11) is 0. The number of para-hydroxylation sites is 1. The van der Waals surface area contributed by atoms with Crippen molar-refractivity contribution in [2.45, 2.75) is 6.92 Å². The summed E-state index contributed by atoms with van der Waals surface area (Å²) in [6.07, 6.45) is 0. The lowest BCUT2D eigenvalue weighted by Gasteiger charge is -2.10. The monoisotopic (exact) mass is 420 g/mol. The number of ether oxygens (including phenoxy) is 1. The largest absolute Gasteiger partial charge is 0.457 e. The maximum absolute atomic E-state index is 11.8. The molecule has 32 heavy (non-hydrogen) atoms. The molecule has 6 nitrogen and oxygen atoms in total. The molecule has 3 aromatic carbocycles. The molecule has 5 rings (SSSR count). The van der Waals surface area contributed by atoms with E-state index < -0.39 is 0 Å². The number of benzene rings is 3. The van der Waals surface area contributed by atoms with Crippen LogP contribution in [-0.2, 0) is 0 Å². The number of rotatable bonds is 5. The summed E-state index contributed by atoms with van der Waals surface area (Å²) in [5.41, 5.74) is 10.7. The predicted molar refractivity (Wildman–Crippen MR) is 126 cm³/mol. The number of ketones is 1. The number of carbonyl (C=O) groups excluding carboxylic acids is 1. The van der Waals surface area contributed by atoms with Gasteiger partial charge in [0, 0.05) is 11.1 Å². The lowest BCUT2D eigenvalue weighted by Crippen LogP contribution is -1.94.